The fourth-order valence-corrected chi connectivity index (χ4v) is 2.06. The maximum atomic E-state index is 5.26. The molecule has 0 unspecified atom stereocenters. The molecule has 0 saturated carbocycles. The number of nitrogens with zero attached hydrogens (tertiary/aromatic N) is 1. The molecule has 21 heavy (non-hydrogen) atoms. The van der Waals surface area contributed by atoms with Crippen LogP contribution in [0.25, 0.3) is 0 Å². The summed E-state index contributed by atoms with van der Waals surface area (Å²) in [5.74, 6) is 0. The first-order valence-corrected chi connectivity index (χ1v) is 7.35. The van der Waals surface area contributed by atoms with E-state index in [0.717, 1.165) is 23.4 Å². The van der Waals surface area contributed by atoms with Gasteiger partial charge in [-0.3, -0.25) is 5.43 Å². The molecular weight excluding hydrogens is 278 g/mol. The Hall–Kier alpha value is -2.20. The second-order valence-corrected chi connectivity index (χ2v) is 5.12. The summed E-state index contributed by atoms with van der Waals surface area (Å²) in [5.41, 5.74) is 7.15. The minimum absolute atomic E-state index is 0.487. The quantitative estimate of drug-likeness (QED) is 0.507. The van der Waals surface area contributed by atoms with Crippen LogP contribution in [0.4, 0.5) is 5.69 Å². The lowest BCUT2D eigenvalue weighted by atomic mass is 10.1. The molecule has 4 heteroatoms. The van der Waals surface area contributed by atoms with Crippen LogP contribution in [0.3, 0.4) is 0 Å². The van der Waals surface area contributed by atoms with Crippen LogP contribution < -0.4 is 10.7 Å². The highest BCUT2D eigenvalue weighted by Gasteiger charge is 2.01. The van der Waals surface area contributed by atoms with E-state index in [2.05, 4.69) is 29.7 Å². The van der Waals surface area contributed by atoms with Crippen LogP contribution in [0, 0.1) is 6.92 Å². The number of hydrogen-bond acceptors (Lipinski definition) is 2. The van der Waals surface area contributed by atoms with E-state index in [4.69, 9.17) is 12.2 Å². The minimum Gasteiger partial charge on any atom is -0.331 e. The van der Waals surface area contributed by atoms with Crippen molar-refractivity contribution in [2.45, 2.75) is 20.3 Å². The van der Waals surface area contributed by atoms with Crippen molar-refractivity contribution in [3.8, 4) is 0 Å². The van der Waals surface area contributed by atoms with Crippen molar-refractivity contribution in [1.29, 1.82) is 0 Å². The van der Waals surface area contributed by atoms with Crippen molar-refractivity contribution in [1.82, 2.24) is 5.43 Å². The normalized spacial score (nSPS) is 11.0. The molecule has 108 valence electrons. The van der Waals surface area contributed by atoms with E-state index in [0.29, 0.717) is 5.11 Å². The highest BCUT2D eigenvalue weighted by atomic mass is 32.1. The molecule has 0 aliphatic carbocycles. The molecule has 2 rings (SSSR count). The number of nitrogens with one attached hydrogen (secondary N) is 2. The number of rotatable bonds is 4. The smallest absolute Gasteiger partial charge is 0.191 e. The van der Waals surface area contributed by atoms with Gasteiger partial charge in [-0.2, -0.15) is 5.10 Å². The van der Waals surface area contributed by atoms with Crippen molar-refractivity contribution in [3.05, 3.63) is 65.7 Å². The molecule has 0 fully saturated rings. The fourth-order valence-electron chi connectivity index (χ4n) is 1.89. The van der Waals surface area contributed by atoms with Crippen molar-refractivity contribution >= 4 is 28.7 Å². The zero-order chi connectivity index (χ0) is 15.1. The van der Waals surface area contributed by atoms with Crippen molar-refractivity contribution in [2.24, 2.45) is 5.10 Å². The lowest BCUT2D eigenvalue weighted by Gasteiger charge is -2.09. The van der Waals surface area contributed by atoms with E-state index >= 15 is 0 Å². The molecule has 0 aromatic heterocycles. The standard InChI is InChI=1S/C17H19N3S/c1-3-16(14-7-5-4-6-8-14)19-20-17(21)18-15-11-9-13(2)10-12-15/h4-12H,3H2,1-2H3,(H2,18,20,21)/b19-16+. The highest BCUT2D eigenvalue weighted by Crippen LogP contribution is 2.08. The molecule has 0 aliphatic heterocycles. The van der Waals surface area contributed by atoms with Gasteiger partial charge in [0.05, 0.1) is 5.71 Å². The minimum atomic E-state index is 0.487. The topological polar surface area (TPSA) is 36.4 Å². The van der Waals surface area contributed by atoms with Crippen LogP contribution in [0.5, 0.6) is 0 Å². The fraction of sp³-hybridized carbons (Fsp3) is 0.176. The SMILES string of the molecule is CC/C(=N\NC(=S)Nc1ccc(C)cc1)c1ccccc1. The summed E-state index contributed by atoms with van der Waals surface area (Å²) >= 11 is 5.26. The molecule has 0 radical (unpaired) electrons. The van der Waals surface area contributed by atoms with Crippen LogP contribution in [0.15, 0.2) is 59.7 Å². The predicted molar refractivity (Wildman–Crippen MR) is 93.8 cm³/mol. The Morgan fingerprint density at radius 1 is 1.05 bits per heavy atom. The zero-order valence-electron chi connectivity index (χ0n) is 12.3. The summed E-state index contributed by atoms with van der Waals surface area (Å²) in [7, 11) is 0. The van der Waals surface area contributed by atoms with Crippen LogP contribution in [-0.2, 0) is 0 Å². The molecule has 2 aromatic rings. The van der Waals surface area contributed by atoms with E-state index in [-0.39, 0.29) is 0 Å². The van der Waals surface area contributed by atoms with Crippen LogP contribution in [-0.4, -0.2) is 10.8 Å². The van der Waals surface area contributed by atoms with Crippen LogP contribution in [0.2, 0.25) is 0 Å². The number of anilines is 1. The summed E-state index contributed by atoms with van der Waals surface area (Å²) in [5, 5.41) is 7.99. The molecule has 0 atom stereocenters. The molecule has 0 heterocycles. The third-order valence-electron chi connectivity index (χ3n) is 3.04. The summed E-state index contributed by atoms with van der Waals surface area (Å²) in [6.07, 6.45) is 0.837. The van der Waals surface area contributed by atoms with E-state index < -0.39 is 0 Å². The third kappa shape index (κ3) is 4.68. The average molecular weight is 297 g/mol. The van der Waals surface area contributed by atoms with Gasteiger partial charge in [0.15, 0.2) is 5.11 Å². The lowest BCUT2D eigenvalue weighted by molar-refractivity contribution is 1.02. The first-order chi connectivity index (χ1) is 10.2. The van der Waals surface area contributed by atoms with E-state index in [9.17, 15) is 0 Å². The van der Waals surface area contributed by atoms with Gasteiger partial charge in [0.1, 0.15) is 0 Å². The number of hydrogen-bond donors (Lipinski definition) is 2. The van der Waals surface area contributed by atoms with Crippen molar-refractivity contribution in [3.63, 3.8) is 0 Å². The van der Waals surface area contributed by atoms with Crippen LogP contribution in [0.1, 0.15) is 24.5 Å². The Morgan fingerprint density at radius 3 is 2.33 bits per heavy atom. The number of thiocarbonyl (C=S) groups is 1. The van der Waals surface area contributed by atoms with Gasteiger partial charge in [0.2, 0.25) is 0 Å². The zero-order valence-corrected chi connectivity index (χ0v) is 13.1. The molecule has 0 bridgehead atoms. The maximum Gasteiger partial charge on any atom is 0.191 e. The third-order valence-corrected chi connectivity index (χ3v) is 3.24. The molecule has 3 nitrogen and oxygen atoms in total. The molecule has 0 aliphatic rings. The molecule has 0 spiro atoms. The number of hydrazone groups is 1. The highest BCUT2D eigenvalue weighted by molar-refractivity contribution is 7.80. The summed E-state index contributed by atoms with van der Waals surface area (Å²) in [4.78, 5) is 0. The van der Waals surface area contributed by atoms with E-state index in [1.807, 2.05) is 54.6 Å². The largest absolute Gasteiger partial charge is 0.331 e. The van der Waals surface area contributed by atoms with Crippen LogP contribution >= 0.6 is 12.2 Å². The first kappa shape index (κ1) is 15.2. The second kappa shape index (κ2) is 7.55. The summed E-state index contributed by atoms with van der Waals surface area (Å²) in [6.45, 7) is 4.13. The van der Waals surface area contributed by atoms with Gasteiger partial charge >= 0.3 is 0 Å². The Kier molecular flexibility index (Phi) is 5.46. The second-order valence-electron chi connectivity index (χ2n) is 4.71. The molecule has 2 N–H and O–H groups in total. The van der Waals surface area contributed by atoms with Gasteiger partial charge in [-0.15, -0.1) is 0 Å². The Labute approximate surface area is 131 Å². The molecular formula is C17H19N3S. The summed E-state index contributed by atoms with van der Waals surface area (Å²) < 4.78 is 0. The van der Waals surface area contributed by atoms with Gasteiger partial charge in [-0.1, -0.05) is 55.0 Å². The Morgan fingerprint density at radius 2 is 1.71 bits per heavy atom. The lowest BCUT2D eigenvalue weighted by Crippen LogP contribution is -2.25. The Bertz CT molecular complexity index is 618. The van der Waals surface area contributed by atoms with Gasteiger partial charge in [-0.05, 0) is 43.3 Å². The van der Waals surface area contributed by atoms with Gasteiger partial charge in [-0.25, -0.2) is 0 Å². The Balaban J connectivity index is 1.98. The summed E-state index contributed by atoms with van der Waals surface area (Å²) in [6, 6.07) is 18.1. The van der Waals surface area contributed by atoms with Gasteiger partial charge in [0.25, 0.3) is 0 Å². The van der Waals surface area contributed by atoms with Crippen molar-refractivity contribution < 1.29 is 0 Å². The average Bonchev–Trinajstić information content (AvgIpc) is 2.51. The molecule has 0 saturated heterocycles. The van der Waals surface area contributed by atoms with Gasteiger partial charge in [0, 0.05) is 5.69 Å². The van der Waals surface area contributed by atoms with Crippen molar-refractivity contribution in [2.75, 3.05) is 5.32 Å². The van der Waals surface area contributed by atoms with Gasteiger partial charge < -0.3 is 5.32 Å². The van der Waals surface area contributed by atoms with E-state index in [1.54, 1.807) is 0 Å². The number of benzene rings is 2. The first-order valence-electron chi connectivity index (χ1n) is 6.94. The molecule has 0 amide bonds. The maximum absolute atomic E-state index is 5.26. The molecule has 2 aromatic carbocycles. The predicted octanol–water partition coefficient (Wildman–Crippen LogP) is 4.10. The van der Waals surface area contributed by atoms with E-state index in [1.165, 1.54) is 5.56 Å². The number of aryl methyl sites for hydroxylation is 1. The monoisotopic (exact) mass is 297 g/mol.